The van der Waals surface area contributed by atoms with E-state index in [1.807, 2.05) is 38.1 Å². The number of amides is 1. The Morgan fingerprint density at radius 3 is 2.57 bits per heavy atom. The molecular weight excluding hydrogens is 290 g/mol. The fraction of sp³-hybridized carbons (Fsp3) is 0.632. The molecule has 0 aliphatic carbocycles. The van der Waals surface area contributed by atoms with E-state index in [9.17, 15) is 4.79 Å². The van der Waals surface area contributed by atoms with Crippen molar-refractivity contribution in [2.24, 2.45) is 0 Å². The number of carbonyl (C=O) groups is 1. The molecule has 1 amide bonds. The van der Waals surface area contributed by atoms with Crippen molar-refractivity contribution in [3.8, 4) is 5.75 Å². The summed E-state index contributed by atoms with van der Waals surface area (Å²) in [5, 5.41) is 3.16. The first-order chi connectivity index (χ1) is 10.6. The SMILES string of the molecule is COc1ccccc1[C@@H](C)CC(=O)N[C@@H]1CC(C)(C)OC1(C)C. The Morgan fingerprint density at radius 2 is 2.00 bits per heavy atom. The zero-order valence-electron chi connectivity index (χ0n) is 15.1. The maximum atomic E-state index is 12.5. The number of methoxy groups -OCH3 is 1. The summed E-state index contributed by atoms with van der Waals surface area (Å²) in [6.45, 7) is 10.3. The van der Waals surface area contributed by atoms with Crippen molar-refractivity contribution in [3.63, 3.8) is 0 Å². The van der Waals surface area contributed by atoms with E-state index in [1.165, 1.54) is 0 Å². The van der Waals surface area contributed by atoms with Gasteiger partial charge in [-0.3, -0.25) is 4.79 Å². The molecule has 1 saturated heterocycles. The average molecular weight is 319 g/mol. The average Bonchev–Trinajstić information content (AvgIpc) is 2.65. The van der Waals surface area contributed by atoms with Crippen LogP contribution >= 0.6 is 0 Å². The third kappa shape index (κ3) is 4.25. The number of carbonyl (C=O) groups excluding carboxylic acids is 1. The number of benzene rings is 1. The molecule has 4 heteroatoms. The summed E-state index contributed by atoms with van der Waals surface area (Å²) in [6, 6.07) is 7.90. The molecule has 1 heterocycles. The molecule has 1 fully saturated rings. The molecule has 23 heavy (non-hydrogen) atoms. The Bertz CT molecular complexity index is 565. The standard InChI is InChI=1S/C19H29NO3/c1-13(14-9-7-8-10-15(14)22-6)11-17(21)20-16-12-18(2,3)23-19(16,4)5/h7-10,13,16H,11-12H2,1-6H3,(H,20,21)/t13-,16+/m0/s1. The maximum absolute atomic E-state index is 12.5. The largest absolute Gasteiger partial charge is 0.496 e. The van der Waals surface area contributed by atoms with Crippen LogP contribution in [0.4, 0.5) is 0 Å². The van der Waals surface area contributed by atoms with Crippen LogP contribution in [0.5, 0.6) is 5.75 Å². The number of hydrogen-bond acceptors (Lipinski definition) is 3. The lowest BCUT2D eigenvalue weighted by Crippen LogP contribution is -2.46. The second-order valence-electron chi connectivity index (χ2n) is 7.64. The van der Waals surface area contributed by atoms with Gasteiger partial charge in [0.15, 0.2) is 0 Å². The van der Waals surface area contributed by atoms with Gasteiger partial charge in [-0.05, 0) is 51.7 Å². The highest BCUT2D eigenvalue weighted by Crippen LogP contribution is 2.37. The predicted molar refractivity (Wildman–Crippen MR) is 91.8 cm³/mol. The molecule has 0 spiro atoms. The first-order valence-corrected chi connectivity index (χ1v) is 8.27. The molecule has 0 unspecified atom stereocenters. The molecule has 4 nitrogen and oxygen atoms in total. The van der Waals surface area contributed by atoms with Gasteiger partial charge in [0.05, 0.1) is 24.4 Å². The van der Waals surface area contributed by atoms with Gasteiger partial charge in [0.2, 0.25) is 5.91 Å². The van der Waals surface area contributed by atoms with Crippen LogP contribution in [-0.2, 0) is 9.53 Å². The third-order valence-electron chi connectivity index (χ3n) is 4.57. The minimum absolute atomic E-state index is 0.0369. The van der Waals surface area contributed by atoms with E-state index in [2.05, 4.69) is 26.1 Å². The van der Waals surface area contributed by atoms with E-state index < -0.39 is 0 Å². The van der Waals surface area contributed by atoms with Gasteiger partial charge in [-0.25, -0.2) is 0 Å². The quantitative estimate of drug-likeness (QED) is 0.901. The molecule has 128 valence electrons. The monoisotopic (exact) mass is 319 g/mol. The van der Waals surface area contributed by atoms with E-state index in [0.29, 0.717) is 6.42 Å². The van der Waals surface area contributed by atoms with Crippen molar-refractivity contribution in [2.75, 3.05) is 7.11 Å². The number of hydrogen-bond donors (Lipinski definition) is 1. The zero-order chi connectivity index (χ0) is 17.3. The highest BCUT2D eigenvalue weighted by molar-refractivity contribution is 5.77. The first-order valence-electron chi connectivity index (χ1n) is 8.27. The Morgan fingerprint density at radius 1 is 1.35 bits per heavy atom. The maximum Gasteiger partial charge on any atom is 0.220 e. The highest BCUT2D eigenvalue weighted by Gasteiger charge is 2.46. The van der Waals surface area contributed by atoms with Gasteiger partial charge in [0, 0.05) is 6.42 Å². The molecule has 1 aromatic carbocycles. The summed E-state index contributed by atoms with van der Waals surface area (Å²) >= 11 is 0. The van der Waals surface area contributed by atoms with Crippen LogP contribution in [0, 0.1) is 0 Å². The normalized spacial score (nSPS) is 23.3. The molecule has 2 atom stereocenters. The van der Waals surface area contributed by atoms with Gasteiger partial charge in [-0.15, -0.1) is 0 Å². The number of rotatable bonds is 5. The molecule has 0 radical (unpaired) electrons. The summed E-state index contributed by atoms with van der Waals surface area (Å²) in [7, 11) is 1.66. The topological polar surface area (TPSA) is 47.6 Å². The lowest BCUT2D eigenvalue weighted by atomic mass is 9.93. The summed E-state index contributed by atoms with van der Waals surface area (Å²) in [5.41, 5.74) is 0.523. The lowest BCUT2D eigenvalue weighted by Gasteiger charge is -2.28. The van der Waals surface area contributed by atoms with E-state index in [4.69, 9.17) is 9.47 Å². The van der Waals surface area contributed by atoms with Crippen LogP contribution in [0.1, 0.15) is 58.9 Å². The van der Waals surface area contributed by atoms with Gasteiger partial charge in [-0.2, -0.15) is 0 Å². The summed E-state index contributed by atoms with van der Waals surface area (Å²) in [4.78, 5) is 12.5. The summed E-state index contributed by atoms with van der Waals surface area (Å²) in [5.74, 6) is 0.992. The molecule has 0 aromatic heterocycles. The molecule has 1 N–H and O–H groups in total. The Balaban J connectivity index is 2.00. The summed E-state index contributed by atoms with van der Waals surface area (Å²) in [6.07, 6.45) is 1.27. The number of ether oxygens (including phenoxy) is 2. The van der Waals surface area contributed by atoms with Crippen LogP contribution < -0.4 is 10.1 Å². The summed E-state index contributed by atoms with van der Waals surface area (Å²) < 4.78 is 11.4. The van der Waals surface area contributed by atoms with E-state index in [1.54, 1.807) is 7.11 Å². The van der Waals surface area contributed by atoms with Gasteiger partial charge < -0.3 is 14.8 Å². The van der Waals surface area contributed by atoms with Crippen LogP contribution in [0.15, 0.2) is 24.3 Å². The number of para-hydroxylation sites is 1. The van der Waals surface area contributed by atoms with Crippen molar-refractivity contribution in [2.45, 2.75) is 70.6 Å². The van der Waals surface area contributed by atoms with E-state index >= 15 is 0 Å². The third-order valence-corrected chi connectivity index (χ3v) is 4.57. The van der Waals surface area contributed by atoms with Crippen LogP contribution in [0.25, 0.3) is 0 Å². The second kappa shape index (κ2) is 6.52. The fourth-order valence-electron chi connectivity index (χ4n) is 3.50. The van der Waals surface area contributed by atoms with Crippen molar-refractivity contribution < 1.29 is 14.3 Å². The fourth-order valence-corrected chi connectivity index (χ4v) is 3.50. The van der Waals surface area contributed by atoms with Gasteiger partial charge in [-0.1, -0.05) is 25.1 Å². The van der Waals surface area contributed by atoms with E-state index in [0.717, 1.165) is 17.7 Å². The Labute approximate surface area is 139 Å². The second-order valence-corrected chi connectivity index (χ2v) is 7.64. The number of nitrogens with one attached hydrogen (secondary N) is 1. The van der Waals surface area contributed by atoms with Crippen molar-refractivity contribution in [1.82, 2.24) is 5.32 Å². The minimum atomic E-state index is -0.340. The molecular formula is C19H29NO3. The minimum Gasteiger partial charge on any atom is -0.496 e. The molecule has 0 saturated carbocycles. The molecule has 1 aromatic rings. The molecule has 0 bridgehead atoms. The molecule has 2 rings (SSSR count). The highest BCUT2D eigenvalue weighted by atomic mass is 16.5. The first kappa shape index (κ1) is 17.8. The molecule has 1 aliphatic heterocycles. The Kier molecular flexibility index (Phi) is 5.04. The van der Waals surface area contributed by atoms with Crippen LogP contribution in [0.2, 0.25) is 0 Å². The van der Waals surface area contributed by atoms with E-state index in [-0.39, 0.29) is 29.1 Å². The van der Waals surface area contributed by atoms with Crippen molar-refractivity contribution in [3.05, 3.63) is 29.8 Å². The predicted octanol–water partition coefficient (Wildman–Crippen LogP) is 3.65. The van der Waals surface area contributed by atoms with Crippen molar-refractivity contribution in [1.29, 1.82) is 0 Å². The van der Waals surface area contributed by atoms with Crippen molar-refractivity contribution >= 4 is 5.91 Å². The smallest absolute Gasteiger partial charge is 0.220 e. The lowest BCUT2D eigenvalue weighted by molar-refractivity contribution is -0.124. The van der Waals surface area contributed by atoms with Gasteiger partial charge in [0.25, 0.3) is 0 Å². The van der Waals surface area contributed by atoms with Crippen LogP contribution in [0.3, 0.4) is 0 Å². The zero-order valence-corrected chi connectivity index (χ0v) is 15.1. The van der Waals surface area contributed by atoms with Gasteiger partial charge >= 0.3 is 0 Å². The Hall–Kier alpha value is -1.55. The molecule has 1 aliphatic rings. The van der Waals surface area contributed by atoms with Crippen LogP contribution in [-0.4, -0.2) is 30.3 Å². The van der Waals surface area contributed by atoms with Gasteiger partial charge in [0.1, 0.15) is 5.75 Å².